The molecule has 13 heteroatoms. The number of pyridine rings is 2. The van der Waals surface area contributed by atoms with Gasteiger partial charge < -0.3 is 20.5 Å². The fraction of sp³-hybridized carbons (Fsp3) is 0.368. The van der Waals surface area contributed by atoms with Gasteiger partial charge in [-0.2, -0.15) is 0 Å². The Morgan fingerprint density at radius 2 is 1.73 bits per heavy atom. The first-order valence-corrected chi connectivity index (χ1v) is 17.9. The number of urea groups is 1. The summed E-state index contributed by atoms with van der Waals surface area (Å²) in [5, 5.41) is 18.6. The van der Waals surface area contributed by atoms with Crippen LogP contribution in [0, 0.1) is 6.92 Å². The van der Waals surface area contributed by atoms with E-state index in [1.807, 2.05) is 43.3 Å². The Hall–Kier alpha value is -4.42. The smallest absolute Gasteiger partial charge is 0.326 e. The van der Waals surface area contributed by atoms with Gasteiger partial charge >= 0.3 is 6.03 Å². The van der Waals surface area contributed by atoms with Crippen molar-refractivity contribution in [2.75, 3.05) is 44.5 Å². The zero-order valence-electron chi connectivity index (χ0n) is 28.9. The molecule has 2 aromatic carbocycles. The zero-order valence-corrected chi connectivity index (χ0v) is 30.4. The van der Waals surface area contributed by atoms with E-state index in [0.717, 1.165) is 61.2 Å². The molecule has 1 unspecified atom stereocenters. The minimum absolute atomic E-state index is 0.117. The normalized spacial score (nSPS) is 22.8. The Kier molecular flexibility index (Phi) is 8.37. The predicted octanol–water partition coefficient (Wildman–Crippen LogP) is 7.01. The predicted molar refractivity (Wildman–Crippen MR) is 198 cm³/mol. The standard InChI is InChI=1S/C38H39Cl2N7O4/c1-20-17-28-31(36(49)46(3)37(50)45(28)2)34(41-20)42-25-10-6-8-23(33(25)40)22-7-5-9-24(32(22)39)26-18-21-11-12-27(30(21)35(43-26)51-4)47-16-15-38(19-47)14-13-29(48)44-38/h5-10,17-18,27,36,49H,11-16,19H2,1-4H3,(H,41,42)(H,44,48)/t27-,36?,38+/m1/s1. The van der Waals surface area contributed by atoms with Gasteiger partial charge in [0.1, 0.15) is 5.82 Å². The number of likely N-dealkylation sites (tertiary alicyclic amines) is 1. The quantitative estimate of drug-likeness (QED) is 0.194. The Labute approximate surface area is 306 Å². The van der Waals surface area contributed by atoms with E-state index in [0.29, 0.717) is 56.4 Å². The summed E-state index contributed by atoms with van der Waals surface area (Å²) in [4.78, 5) is 39.7. The number of benzene rings is 2. The Bertz CT molecular complexity index is 2110. The molecule has 3 N–H and O–H groups in total. The molecule has 3 amide bonds. The van der Waals surface area contributed by atoms with Crippen molar-refractivity contribution in [3.63, 3.8) is 0 Å². The van der Waals surface area contributed by atoms with Gasteiger partial charge in [-0.3, -0.25) is 19.5 Å². The third kappa shape index (κ3) is 5.58. The number of nitrogens with zero attached hydrogens (tertiary/aromatic N) is 5. The van der Waals surface area contributed by atoms with Gasteiger partial charge in [-0.15, -0.1) is 0 Å². The maximum Gasteiger partial charge on any atom is 0.326 e. The van der Waals surface area contributed by atoms with Crippen molar-refractivity contribution in [1.82, 2.24) is 25.1 Å². The number of aryl methyl sites for hydroxylation is 2. The number of aliphatic hydroxyl groups excluding tert-OH is 1. The summed E-state index contributed by atoms with van der Waals surface area (Å²) < 4.78 is 5.94. The highest BCUT2D eigenvalue weighted by molar-refractivity contribution is 6.39. The van der Waals surface area contributed by atoms with E-state index in [4.69, 9.17) is 32.9 Å². The van der Waals surface area contributed by atoms with Gasteiger partial charge in [0, 0.05) is 67.6 Å². The van der Waals surface area contributed by atoms with Gasteiger partial charge in [0.15, 0.2) is 6.23 Å². The van der Waals surface area contributed by atoms with E-state index < -0.39 is 6.23 Å². The Morgan fingerprint density at radius 1 is 0.980 bits per heavy atom. The van der Waals surface area contributed by atoms with Crippen LogP contribution in [0.4, 0.5) is 22.0 Å². The lowest BCUT2D eigenvalue weighted by Crippen LogP contribution is -2.46. The number of hydrogen-bond donors (Lipinski definition) is 3. The number of carbonyl (C=O) groups excluding carboxylic acids is 2. The molecule has 51 heavy (non-hydrogen) atoms. The van der Waals surface area contributed by atoms with Crippen LogP contribution in [0.1, 0.15) is 60.3 Å². The first kappa shape index (κ1) is 33.7. The molecule has 8 rings (SSSR count). The van der Waals surface area contributed by atoms with Gasteiger partial charge in [0.05, 0.1) is 45.3 Å². The number of amides is 3. The zero-order chi connectivity index (χ0) is 35.8. The molecule has 3 aliphatic heterocycles. The summed E-state index contributed by atoms with van der Waals surface area (Å²) in [5.41, 5.74) is 7.38. The molecule has 4 aliphatic rings. The van der Waals surface area contributed by atoms with Crippen LogP contribution < -0.4 is 20.3 Å². The largest absolute Gasteiger partial charge is 0.481 e. The molecule has 0 saturated carbocycles. The van der Waals surface area contributed by atoms with Crippen molar-refractivity contribution >= 4 is 52.3 Å². The van der Waals surface area contributed by atoms with Crippen molar-refractivity contribution in [2.24, 2.45) is 0 Å². The minimum Gasteiger partial charge on any atom is -0.481 e. The summed E-state index contributed by atoms with van der Waals surface area (Å²) in [7, 11) is 4.87. The van der Waals surface area contributed by atoms with Gasteiger partial charge in [-0.25, -0.2) is 14.8 Å². The molecule has 5 heterocycles. The number of halogens is 2. The molecule has 3 atom stereocenters. The lowest BCUT2D eigenvalue weighted by molar-refractivity contribution is -0.119. The lowest BCUT2D eigenvalue weighted by atomic mass is 9.97. The van der Waals surface area contributed by atoms with E-state index in [-0.39, 0.29) is 23.5 Å². The van der Waals surface area contributed by atoms with Gasteiger partial charge in [0.2, 0.25) is 11.8 Å². The number of fused-ring (bicyclic) bond motifs is 2. The van der Waals surface area contributed by atoms with Crippen molar-refractivity contribution in [1.29, 1.82) is 0 Å². The number of carbonyl (C=O) groups is 2. The highest BCUT2D eigenvalue weighted by Gasteiger charge is 2.46. The van der Waals surface area contributed by atoms with E-state index >= 15 is 0 Å². The number of anilines is 3. The van der Waals surface area contributed by atoms with Crippen LogP contribution in [0.5, 0.6) is 5.88 Å². The summed E-state index contributed by atoms with van der Waals surface area (Å²) in [6.45, 7) is 3.60. The first-order valence-electron chi connectivity index (χ1n) is 17.2. The Morgan fingerprint density at radius 3 is 2.47 bits per heavy atom. The fourth-order valence-corrected chi connectivity index (χ4v) is 8.92. The summed E-state index contributed by atoms with van der Waals surface area (Å²) in [6.07, 6.45) is 3.11. The molecule has 0 bridgehead atoms. The summed E-state index contributed by atoms with van der Waals surface area (Å²) >= 11 is 14.3. The van der Waals surface area contributed by atoms with E-state index in [2.05, 4.69) is 26.6 Å². The van der Waals surface area contributed by atoms with Crippen molar-refractivity contribution < 1.29 is 19.4 Å². The van der Waals surface area contributed by atoms with Crippen LogP contribution in [0.2, 0.25) is 10.0 Å². The Balaban J connectivity index is 1.12. The van der Waals surface area contributed by atoms with Crippen LogP contribution in [-0.2, 0) is 11.2 Å². The second-order valence-corrected chi connectivity index (χ2v) is 14.8. The van der Waals surface area contributed by atoms with Crippen LogP contribution in [0.15, 0.2) is 48.5 Å². The molecule has 264 valence electrons. The second kappa shape index (κ2) is 12.7. The monoisotopic (exact) mass is 727 g/mol. The van der Waals surface area contributed by atoms with Gasteiger partial charge in [-0.1, -0.05) is 53.5 Å². The topological polar surface area (TPSA) is 123 Å². The number of aromatic nitrogens is 2. The molecule has 11 nitrogen and oxygen atoms in total. The number of aliphatic hydroxyl groups is 1. The highest BCUT2D eigenvalue weighted by Crippen LogP contribution is 2.48. The average Bonchev–Trinajstić information content (AvgIpc) is 3.84. The third-order valence-corrected chi connectivity index (χ3v) is 11.8. The third-order valence-electron chi connectivity index (χ3n) is 10.9. The molecule has 2 fully saturated rings. The summed E-state index contributed by atoms with van der Waals surface area (Å²) in [6, 6.07) is 15.2. The summed E-state index contributed by atoms with van der Waals surface area (Å²) in [5.74, 6) is 1.14. The molecule has 2 saturated heterocycles. The van der Waals surface area contributed by atoms with Crippen molar-refractivity contribution in [2.45, 2.75) is 56.8 Å². The first-order chi connectivity index (χ1) is 24.5. The maximum atomic E-state index is 12.7. The SMILES string of the molecule is COc1nc(-c2cccc(-c3cccc(Nc4nc(C)cc5c4C(O)N(C)C(=O)N5C)c3Cl)c2Cl)cc2c1[C@H](N1CC[C@@]3(CCC(=O)N3)C1)CC2. The molecule has 1 aliphatic carbocycles. The average molecular weight is 729 g/mol. The molecular weight excluding hydrogens is 689 g/mol. The fourth-order valence-electron chi connectivity index (χ4n) is 8.32. The maximum absolute atomic E-state index is 12.7. The van der Waals surface area contributed by atoms with Crippen LogP contribution in [0.3, 0.4) is 0 Å². The minimum atomic E-state index is -1.19. The number of rotatable bonds is 6. The number of nitrogens with one attached hydrogen (secondary N) is 2. The van der Waals surface area contributed by atoms with Crippen LogP contribution >= 0.6 is 23.2 Å². The molecule has 2 aromatic heterocycles. The number of methoxy groups -OCH3 is 1. The van der Waals surface area contributed by atoms with Crippen LogP contribution in [-0.4, -0.2) is 76.6 Å². The van der Waals surface area contributed by atoms with E-state index in [1.165, 1.54) is 15.4 Å². The van der Waals surface area contributed by atoms with Gasteiger partial charge in [-0.05, 0) is 56.4 Å². The van der Waals surface area contributed by atoms with E-state index in [1.54, 1.807) is 27.3 Å². The molecule has 1 spiro atoms. The van der Waals surface area contributed by atoms with Crippen molar-refractivity contribution in [3.8, 4) is 28.3 Å². The van der Waals surface area contributed by atoms with Crippen LogP contribution in [0.25, 0.3) is 22.4 Å². The van der Waals surface area contributed by atoms with E-state index in [9.17, 15) is 14.7 Å². The number of hydrogen-bond acceptors (Lipinski definition) is 8. The van der Waals surface area contributed by atoms with Gasteiger partial charge in [0.25, 0.3) is 0 Å². The lowest BCUT2D eigenvalue weighted by Gasteiger charge is -2.37. The molecule has 4 aromatic rings. The highest BCUT2D eigenvalue weighted by atomic mass is 35.5. The molecule has 0 radical (unpaired) electrons. The number of ether oxygens (including phenoxy) is 1. The second-order valence-electron chi connectivity index (χ2n) is 14.0. The molecular formula is C38H39Cl2N7O4. The van der Waals surface area contributed by atoms with Crippen molar-refractivity contribution in [3.05, 3.63) is 81.0 Å².